The summed E-state index contributed by atoms with van der Waals surface area (Å²) in [6.45, 7) is 0.0150. The maximum atomic E-state index is 12.2. The summed E-state index contributed by atoms with van der Waals surface area (Å²) in [5, 5.41) is 17.9. The van der Waals surface area contributed by atoms with E-state index in [9.17, 15) is 9.59 Å². The monoisotopic (exact) mass is 658 g/mol. The molecular weight excluding hydrogens is 628 g/mol. The molecule has 49 heavy (non-hydrogen) atoms. The number of aryl methyl sites for hydroxylation is 2. The molecule has 246 valence electrons. The molecule has 0 unspecified atom stereocenters. The quantitative estimate of drug-likeness (QED) is 0.197. The number of hydrogen-bond acceptors (Lipinski definition) is 11. The second-order valence-corrected chi connectivity index (χ2v) is 11.4. The molecule has 0 amide bonds. The van der Waals surface area contributed by atoms with Crippen molar-refractivity contribution in [1.82, 2.24) is 39.0 Å². The number of aliphatic hydroxyl groups is 1. The fraction of sp³-hybridized carbons (Fsp3) is 0.200. The lowest BCUT2D eigenvalue weighted by atomic mass is 10.1. The van der Waals surface area contributed by atoms with E-state index in [1.54, 1.807) is 48.8 Å². The molecule has 14 heteroatoms. The van der Waals surface area contributed by atoms with Gasteiger partial charge in [-0.15, -0.1) is 0 Å². The lowest BCUT2D eigenvalue weighted by molar-refractivity contribution is 0.0696. The van der Waals surface area contributed by atoms with Crippen molar-refractivity contribution >= 4 is 56.3 Å². The molecular formula is C35H30N8O6. The Labute approximate surface area is 277 Å². The van der Waals surface area contributed by atoms with Gasteiger partial charge in [0.2, 0.25) is 23.2 Å². The summed E-state index contributed by atoms with van der Waals surface area (Å²) in [5.74, 6) is 1.66. The predicted octanol–water partition coefficient (Wildman–Crippen LogP) is 5.05. The summed E-state index contributed by atoms with van der Waals surface area (Å²) in [6, 6.07) is 17.7. The van der Waals surface area contributed by atoms with Crippen molar-refractivity contribution in [2.75, 3.05) is 6.61 Å². The highest BCUT2D eigenvalue weighted by molar-refractivity contribution is 5.99. The summed E-state index contributed by atoms with van der Waals surface area (Å²) >= 11 is 0. The zero-order valence-corrected chi connectivity index (χ0v) is 26.6. The maximum Gasteiger partial charge on any atom is 0.335 e. The zero-order chi connectivity index (χ0) is 34.1. The van der Waals surface area contributed by atoms with E-state index in [0.717, 1.165) is 33.7 Å². The van der Waals surface area contributed by atoms with Crippen molar-refractivity contribution in [2.24, 2.45) is 14.1 Å². The molecule has 0 saturated heterocycles. The van der Waals surface area contributed by atoms with Crippen molar-refractivity contribution in [1.29, 1.82) is 0 Å². The van der Waals surface area contributed by atoms with E-state index >= 15 is 0 Å². The molecule has 0 spiro atoms. The van der Waals surface area contributed by atoms with Gasteiger partial charge < -0.3 is 28.2 Å². The van der Waals surface area contributed by atoms with E-state index in [2.05, 4.69) is 29.9 Å². The van der Waals surface area contributed by atoms with Gasteiger partial charge in [-0.3, -0.25) is 4.79 Å². The number of aromatic nitrogens is 8. The number of imidazole rings is 2. The number of carboxylic acids is 1. The SMILES string of the molecule is Cn1c(Cc2nc3cccnc3o2)nc2cc(C(=O)CCCO)ccc21.Cn1c(Cc2nc3cccnc3o2)nc2cc(C(=O)O)ccc21. The van der Waals surface area contributed by atoms with Crippen LogP contribution in [0.4, 0.5) is 0 Å². The number of pyridine rings is 2. The van der Waals surface area contributed by atoms with Gasteiger partial charge in [0.15, 0.2) is 5.78 Å². The number of carboxylic acid groups (broad SMARTS) is 1. The zero-order valence-electron chi connectivity index (χ0n) is 26.6. The molecule has 0 fully saturated rings. The largest absolute Gasteiger partial charge is 0.478 e. The fourth-order valence-corrected chi connectivity index (χ4v) is 5.56. The molecule has 0 aliphatic rings. The lowest BCUT2D eigenvalue weighted by Gasteiger charge is -2.01. The normalized spacial score (nSPS) is 11.4. The topological polar surface area (TPSA) is 188 Å². The van der Waals surface area contributed by atoms with E-state index in [4.69, 9.17) is 19.0 Å². The van der Waals surface area contributed by atoms with Gasteiger partial charge in [-0.1, -0.05) is 0 Å². The molecule has 0 aliphatic carbocycles. The Balaban J connectivity index is 0.000000155. The van der Waals surface area contributed by atoms with Crippen molar-refractivity contribution in [2.45, 2.75) is 25.7 Å². The van der Waals surface area contributed by atoms with Gasteiger partial charge in [0.05, 0.1) is 40.5 Å². The van der Waals surface area contributed by atoms with Crippen LogP contribution in [0.15, 0.2) is 81.9 Å². The van der Waals surface area contributed by atoms with Crippen LogP contribution < -0.4 is 0 Å². The smallest absolute Gasteiger partial charge is 0.335 e. The molecule has 0 radical (unpaired) electrons. The average Bonchev–Trinajstić information content (AvgIpc) is 3.87. The molecule has 0 saturated carbocycles. The first kappa shape index (κ1) is 31.3. The second-order valence-electron chi connectivity index (χ2n) is 11.4. The minimum atomic E-state index is -0.968. The van der Waals surface area contributed by atoms with Gasteiger partial charge >= 0.3 is 5.97 Å². The Kier molecular flexibility index (Phi) is 8.36. The summed E-state index contributed by atoms with van der Waals surface area (Å²) in [5.41, 5.74) is 6.45. The van der Waals surface area contributed by atoms with Gasteiger partial charge in [-0.2, -0.15) is 0 Å². The number of hydrogen-bond donors (Lipinski definition) is 2. The van der Waals surface area contributed by atoms with Crippen molar-refractivity contribution < 1.29 is 28.6 Å². The third-order valence-electron chi connectivity index (χ3n) is 8.12. The molecule has 0 bridgehead atoms. The number of aliphatic hydroxyl groups excluding tert-OH is 1. The molecule has 0 atom stereocenters. The third kappa shape index (κ3) is 6.36. The van der Waals surface area contributed by atoms with Crippen LogP contribution in [-0.2, 0) is 26.9 Å². The molecule has 2 N–H and O–H groups in total. The van der Waals surface area contributed by atoms with E-state index in [1.807, 2.05) is 47.5 Å². The summed E-state index contributed by atoms with van der Waals surface area (Å²) in [6.07, 6.45) is 4.97. The van der Waals surface area contributed by atoms with Crippen LogP contribution in [0.5, 0.6) is 0 Å². The minimum Gasteiger partial charge on any atom is -0.478 e. The number of carbonyl (C=O) groups excluding carboxylic acids is 1. The number of ketones is 1. The molecule has 2 aromatic carbocycles. The van der Waals surface area contributed by atoms with Gasteiger partial charge in [0, 0.05) is 45.1 Å². The minimum absolute atomic E-state index is 0.0122. The summed E-state index contributed by atoms with van der Waals surface area (Å²) in [4.78, 5) is 49.5. The van der Waals surface area contributed by atoms with Crippen molar-refractivity contribution in [3.8, 4) is 0 Å². The highest BCUT2D eigenvalue weighted by Crippen LogP contribution is 2.22. The van der Waals surface area contributed by atoms with E-state index in [1.165, 1.54) is 0 Å². The number of carbonyl (C=O) groups is 2. The Hall–Kier alpha value is -6.28. The van der Waals surface area contributed by atoms with Gasteiger partial charge in [0.25, 0.3) is 0 Å². The number of oxazole rings is 2. The van der Waals surface area contributed by atoms with Crippen LogP contribution in [0.25, 0.3) is 44.5 Å². The maximum absolute atomic E-state index is 12.2. The molecule has 14 nitrogen and oxygen atoms in total. The number of fused-ring (bicyclic) bond motifs is 4. The standard InChI is InChI=1S/C19H18N4O3.C16H12N4O3/c1-23-15-7-6-12(16(25)5-3-9-24)10-14(15)21-17(23)11-18-22-13-4-2-8-20-19(13)26-18;1-20-12-5-4-9(16(21)22)7-11(12)18-13(20)8-14-19-10-3-2-6-17-15(10)23-14/h2,4,6-8,10,24H,3,5,9,11H2,1H3;2-7H,8H2,1H3,(H,21,22). The first-order chi connectivity index (χ1) is 23.8. The Morgan fingerprint density at radius 1 is 0.694 bits per heavy atom. The Bertz CT molecular complexity index is 2420. The van der Waals surface area contributed by atoms with Crippen LogP contribution in [0.3, 0.4) is 0 Å². The van der Waals surface area contributed by atoms with Crippen molar-refractivity contribution in [3.63, 3.8) is 0 Å². The number of nitrogens with zero attached hydrogens (tertiary/aromatic N) is 8. The highest BCUT2D eigenvalue weighted by atomic mass is 16.4. The summed E-state index contributed by atoms with van der Waals surface area (Å²) < 4.78 is 15.2. The van der Waals surface area contributed by atoms with Gasteiger partial charge in [-0.05, 0) is 67.1 Å². The predicted molar refractivity (Wildman–Crippen MR) is 178 cm³/mol. The van der Waals surface area contributed by atoms with Gasteiger partial charge in [-0.25, -0.2) is 34.7 Å². The lowest BCUT2D eigenvalue weighted by Crippen LogP contribution is -2.00. The third-order valence-corrected chi connectivity index (χ3v) is 8.12. The Morgan fingerprint density at radius 3 is 1.69 bits per heavy atom. The molecule has 0 aliphatic heterocycles. The van der Waals surface area contributed by atoms with Crippen LogP contribution in [0.1, 0.15) is 57.0 Å². The van der Waals surface area contributed by atoms with Gasteiger partial charge in [0.1, 0.15) is 22.7 Å². The number of Topliss-reactive ketones (excluding diaryl/α,β-unsaturated/α-hetero) is 1. The second kappa shape index (κ2) is 13.1. The molecule has 6 aromatic heterocycles. The van der Waals surface area contributed by atoms with Crippen molar-refractivity contribution in [3.05, 3.63) is 108 Å². The van der Waals surface area contributed by atoms with E-state index in [0.29, 0.717) is 65.5 Å². The first-order valence-electron chi connectivity index (χ1n) is 15.5. The number of benzene rings is 2. The highest BCUT2D eigenvalue weighted by Gasteiger charge is 2.16. The number of aromatic carboxylic acids is 1. The van der Waals surface area contributed by atoms with E-state index < -0.39 is 5.97 Å². The van der Waals surface area contributed by atoms with Crippen LogP contribution in [0.2, 0.25) is 0 Å². The van der Waals surface area contributed by atoms with Crippen LogP contribution >= 0.6 is 0 Å². The summed E-state index contributed by atoms with van der Waals surface area (Å²) in [7, 11) is 3.81. The molecule has 8 rings (SSSR count). The Morgan fingerprint density at radius 2 is 1.20 bits per heavy atom. The van der Waals surface area contributed by atoms with E-state index in [-0.39, 0.29) is 18.0 Å². The molecule has 6 heterocycles. The first-order valence-corrected chi connectivity index (χ1v) is 15.5. The molecule has 8 aromatic rings. The fourth-order valence-electron chi connectivity index (χ4n) is 5.56. The van der Waals surface area contributed by atoms with Crippen LogP contribution in [-0.4, -0.2) is 67.6 Å². The van der Waals surface area contributed by atoms with Crippen LogP contribution in [0, 0.1) is 0 Å². The number of rotatable bonds is 9. The average molecular weight is 659 g/mol.